The second-order valence-corrected chi connectivity index (χ2v) is 7.15. The smallest absolute Gasteiger partial charge is 0.106 e. The molecule has 2 nitrogen and oxygen atoms in total. The van der Waals surface area contributed by atoms with E-state index in [1.54, 1.807) is 11.8 Å². The average Bonchev–Trinajstić information content (AvgIpc) is 2.56. The number of nitrogens with one attached hydrogen (secondary N) is 2. The molecule has 3 rings (SSSR count). The fourth-order valence-electron chi connectivity index (χ4n) is 2.29. The quantitative estimate of drug-likeness (QED) is 0.586. The van der Waals surface area contributed by atoms with Crippen molar-refractivity contribution in [2.75, 3.05) is 11.9 Å². The van der Waals surface area contributed by atoms with Crippen LogP contribution in [-0.4, -0.2) is 11.5 Å². The van der Waals surface area contributed by atoms with E-state index in [0.29, 0.717) is 5.92 Å². The predicted molar refractivity (Wildman–Crippen MR) is 107 cm³/mol. The number of anilines is 2. The molecule has 0 saturated carbocycles. The second kappa shape index (κ2) is 8.04. The Balaban J connectivity index is 0.00000192. The zero-order chi connectivity index (χ0) is 15.5. The maximum absolute atomic E-state index is 5.52. The molecule has 0 aliphatic carbocycles. The molecule has 1 atom stereocenters. The van der Waals surface area contributed by atoms with E-state index in [4.69, 9.17) is 12.2 Å². The molecule has 0 amide bonds. The molecule has 0 unspecified atom stereocenters. The molecule has 1 aliphatic rings. The van der Waals surface area contributed by atoms with Gasteiger partial charge in [0.15, 0.2) is 0 Å². The number of hydrogen-bond acceptors (Lipinski definition) is 3. The van der Waals surface area contributed by atoms with Gasteiger partial charge >= 0.3 is 0 Å². The van der Waals surface area contributed by atoms with Crippen molar-refractivity contribution in [1.82, 2.24) is 5.32 Å². The third-order valence-electron chi connectivity index (χ3n) is 3.93. The Morgan fingerprint density at radius 1 is 1.17 bits per heavy atom. The monoisotopic (exact) mass is 364 g/mol. The molecule has 0 spiro atoms. The molecule has 23 heavy (non-hydrogen) atoms. The van der Waals surface area contributed by atoms with Crippen LogP contribution in [0.4, 0.5) is 11.4 Å². The standard InChI is InChI=1S/C18H20N2S2.ClH/c1-3-12(2)11-19-18(21)13-8-9-17-15(10-13)20-14-6-4-5-7-16(14)22-17;/h4-10,12,20H,3,11H2,1-2H3,(H,19,21);1H/t12-;/m0./s1. The van der Waals surface area contributed by atoms with Gasteiger partial charge in [0.25, 0.3) is 0 Å². The third-order valence-corrected chi connectivity index (χ3v) is 5.46. The van der Waals surface area contributed by atoms with Gasteiger partial charge in [-0.15, -0.1) is 12.4 Å². The first kappa shape index (κ1) is 18.1. The molecule has 2 aromatic carbocycles. The molecule has 0 saturated heterocycles. The zero-order valence-electron chi connectivity index (χ0n) is 13.3. The Hall–Kier alpha value is -1.23. The highest BCUT2D eigenvalue weighted by Gasteiger charge is 2.16. The Morgan fingerprint density at radius 2 is 1.91 bits per heavy atom. The van der Waals surface area contributed by atoms with E-state index in [9.17, 15) is 0 Å². The molecule has 2 N–H and O–H groups in total. The lowest BCUT2D eigenvalue weighted by atomic mass is 10.1. The van der Waals surface area contributed by atoms with Crippen LogP contribution in [0.5, 0.6) is 0 Å². The SMILES string of the molecule is CC[C@H](C)CNC(=S)c1ccc2c(c1)Nc1ccccc1S2.Cl. The van der Waals surface area contributed by atoms with Crippen LogP contribution in [0.1, 0.15) is 25.8 Å². The predicted octanol–water partition coefficient (Wildman–Crippen LogP) is 5.63. The minimum Gasteiger partial charge on any atom is -0.376 e. The van der Waals surface area contributed by atoms with Gasteiger partial charge in [0, 0.05) is 21.9 Å². The second-order valence-electron chi connectivity index (χ2n) is 5.66. The van der Waals surface area contributed by atoms with E-state index < -0.39 is 0 Å². The first-order chi connectivity index (χ1) is 10.7. The Morgan fingerprint density at radius 3 is 2.70 bits per heavy atom. The van der Waals surface area contributed by atoms with Crippen molar-refractivity contribution in [3.63, 3.8) is 0 Å². The summed E-state index contributed by atoms with van der Waals surface area (Å²) >= 11 is 7.32. The first-order valence-electron chi connectivity index (χ1n) is 7.63. The van der Waals surface area contributed by atoms with Crippen molar-refractivity contribution in [2.45, 2.75) is 30.1 Å². The number of hydrogen-bond donors (Lipinski definition) is 2. The minimum absolute atomic E-state index is 0. The number of thiocarbonyl (C=S) groups is 1. The van der Waals surface area contributed by atoms with Crippen LogP contribution in [0, 0.1) is 5.92 Å². The summed E-state index contributed by atoms with van der Waals surface area (Å²) in [4.78, 5) is 3.33. The molecule has 5 heteroatoms. The van der Waals surface area contributed by atoms with Crippen molar-refractivity contribution in [1.29, 1.82) is 0 Å². The molecule has 0 aromatic heterocycles. The van der Waals surface area contributed by atoms with E-state index in [1.807, 2.05) is 0 Å². The van der Waals surface area contributed by atoms with Crippen LogP contribution in [0.15, 0.2) is 52.3 Å². The topological polar surface area (TPSA) is 24.1 Å². The van der Waals surface area contributed by atoms with Crippen molar-refractivity contribution in [3.8, 4) is 0 Å². The minimum atomic E-state index is 0. The summed E-state index contributed by atoms with van der Waals surface area (Å²) in [6, 6.07) is 14.8. The number of benzene rings is 2. The summed E-state index contributed by atoms with van der Waals surface area (Å²) < 4.78 is 0. The van der Waals surface area contributed by atoms with Gasteiger partial charge in [-0.25, -0.2) is 0 Å². The van der Waals surface area contributed by atoms with Gasteiger partial charge < -0.3 is 10.6 Å². The van der Waals surface area contributed by atoms with E-state index in [0.717, 1.165) is 34.9 Å². The lowest BCUT2D eigenvalue weighted by molar-refractivity contribution is 0.550. The van der Waals surface area contributed by atoms with E-state index in [-0.39, 0.29) is 12.4 Å². The third kappa shape index (κ3) is 4.19. The van der Waals surface area contributed by atoms with Gasteiger partial charge in [0.05, 0.1) is 11.4 Å². The van der Waals surface area contributed by atoms with Crippen LogP contribution in [0.2, 0.25) is 0 Å². The van der Waals surface area contributed by atoms with Gasteiger partial charge in [0.2, 0.25) is 0 Å². The van der Waals surface area contributed by atoms with Gasteiger partial charge in [-0.2, -0.15) is 0 Å². The normalized spacial score (nSPS) is 13.0. The highest BCUT2D eigenvalue weighted by molar-refractivity contribution is 7.99. The van der Waals surface area contributed by atoms with Gasteiger partial charge in [-0.1, -0.05) is 62.4 Å². The van der Waals surface area contributed by atoms with Crippen molar-refractivity contribution < 1.29 is 0 Å². The molecule has 122 valence electrons. The largest absolute Gasteiger partial charge is 0.376 e. The fraction of sp³-hybridized carbons (Fsp3) is 0.278. The van der Waals surface area contributed by atoms with Crippen molar-refractivity contribution in [3.05, 3.63) is 48.0 Å². The lowest BCUT2D eigenvalue weighted by Crippen LogP contribution is -2.27. The molecule has 1 heterocycles. The van der Waals surface area contributed by atoms with Crippen molar-refractivity contribution in [2.24, 2.45) is 5.92 Å². The van der Waals surface area contributed by atoms with Crippen LogP contribution < -0.4 is 10.6 Å². The Bertz CT molecular complexity index is 703. The molecule has 0 radical (unpaired) electrons. The summed E-state index contributed by atoms with van der Waals surface area (Å²) in [7, 11) is 0. The van der Waals surface area contributed by atoms with Gasteiger partial charge in [-0.05, 0) is 30.2 Å². The van der Waals surface area contributed by atoms with Crippen molar-refractivity contribution >= 4 is 52.8 Å². The van der Waals surface area contributed by atoms with Crippen LogP contribution >= 0.6 is 36.4 Å². The van der Waals surface area contributed by atoms with Crippen LogP contribution in [-0.2, 0) is 0 Å². The molecule has 0 bridgehead atoms. The molecule has 1 aliphatic heterocycles. The number of fused-ring (bicyclic) bond motifs is 2. The summed E-state index contributed by atoms with van der Waals surface area (Å²) in [5.74, 6) is 0.635. The molecular weight excluding hydrogens is 344 g/mol. The Kier molecular flexibility index (Phi) is 6.33. The number of rotatable bonds is 4. The Labute approximate surface area is 153 Å². The maximum atomic E-state index is 5.52. The zero-order valence-corrected chi connectivity index (χ0v) is 15.7. The molecule has 0 fully saturated rings. The number of para-hydroxylation sites is 1. The highest BCUT2D eigenvalue weighted by atomic mass is 35.5. The van der Waals surface area contributed by atoms with E-state index >= 15 is 0 Å². The highest BCUT2D eigenvalue weighted by Crippen LogP contribution is 2.44. The first-order valence-corrected chi connectivity index (χ1v) is 8.86. The fourth-order valence-corrected chi connectivity index (χ4v) is 3.47. The summed E-state index contributed by atoms with van der Waals surface area (Å²) in [5.41, 5.74) is 3.37. The van der Waals surface area contributed by atoms with Gasteiger partial charge in [0.1, 0.15) is 4.99 Å². The van der Waals surface area contributed by atoms with E-state index in [1.165, 1.54) is 9.79 Å². The van der Waals surface area contributed by atoms with Crippen LogP contribution in [0.3, 0.4) is 0 Å². The maximum Gasteiger partial charge on any atom is 0.106 e. The summed E-state index contributed by atoms with van der Waals surface area (Å²) in [5, 5.41) is 6.88. The molecule has 2 aromatic rings. The summed E-state index contributed by atoms with van der Waals surface area (Å²) in [6.07, 6.45) is 1.16. The lowest BCUT2D eigenvalue weighted by Gasteiger charge is -2.21. The summed E-state index contributed by atoms with van der Waals surface area (Å²) in [6.45, 7) is 5.36. The average molecular weight is 365 g/mol. The van der Waals surface area contributed by atoms with Crippen LogP contribution in [0.25, 0.3) is 0 Å². The van der Waals surface area contributed by atoms with Gasteiger partial charge in [-0.3, -0.25) is 0 Å². The van der Waals surface area contributed by atoms with E-state index in [2.05, 4.69) is 66.9 Å². The molecular formula is C18H21ClN2S2. The number of halogens is 1.